The van der Waals surface area contributed by atoms with Crippen molar-refractivity contribution in [1.82, 2.24) is 4.57 Å². The first-order valence-electron chi connectivity index (χ1n) is 5.28. The molecule has 2 rings (SSSR count). The number of aryl methyl sites for hydroxylation is 1. The summed E-state index contributed by atoms with van der Waals surface area (Å²) in [6.07, 6.45) is 1.93. The molecule has 0 radical (unpaired) electrons. The van der Waals surface area contributed by atoms with Gasteiger partial charge in [-0.05, 0) is 18.6 Å². The molecule has 1 aromatic carbocycles. The number of para-hydroxylation sites is 1. The van der Waals surface area contributed by atoms with Crippen molar-refractivity contribution in [3.05, 3.63) is 36.0 Å². The number of aldehydes is 1. The molecule has 0 aliphatic rings. The molecule has 3 heteroatoms. The minimum Gasteiger partial charge on any atom is -0.303 e. The van der Waals surface area contributed by atoms with E-state index in [1.54, 1.807) is 4.57 Å². The van der Waals surface area contributed by atoms with E-state index in [9.17, 15) is 9.59 Å². The lowest BCUT2D eigenvalue weighted by atomic mass is 10.2. The summed E-state index contributed by atoms with van der Waals surface area (Å²) < 4.78 is 1.68. The highest BCUT2D eigenvalue weighted by Crippen LogP contribution is 2.20. The first kappa shape index (κ1) is 10.6. The highest BCUT2D eigenvalue weighted by Gasteiger charge is 2.10. The number of aromatic nitrogens is 1. The van der Waals surface area contributed by atoms with Gasteiger partial charge in [-0.3, -0.25) is 9.36 Å². The molecular weight excluding hydrogens is 202 g/mol. The Balaban J connectivity index is 2.58. The van der Waals surface area contributed by atoms with Crippen LogP contribution in [-0.4, -0.2) is 16.8 Å². The van der Waals surface area contributed by atoms with Crippen LogP contribution >= 0.6 is 0 Å². The van der Waals surface area contributed by atoms with Gasteiger partial charge in [-0.2, -0.15) is 0 Å². The van der Waals surface area contributed by atoms with Crippen molar-refractivity contribution in [2.45, 2.75) is 19.8 Å². The quantitative estimate of drug-likeness (QED) is 0.737. The largest absolute Gasteiger partial charge is 0.303 e. The van der Waals surface area contributed by atoms with Gasteiger partial charge in [-0.1, -0.05) is 18.2 Å². The van der Waals surface area contributed by atoms with Crippen LogP contribution in [-0.2, 0) is 11.2 Å². The van der Waals surface area contributed by atoms with Crippen LogP contribution in [0.2, 0.25) is 0 Å². The minimum atomic E-state index is -0.0119. The molecule has 0 amide bonds. The number of hydrogen-bond donors (Lipinski definition) is 0. The normalized spacial score (nSPS) is 10.6. The second-order valence-electron chi connectivity index (χ2n) is 3.75. The van der Waals surface area contributed by atoms with Crippen molar-refractivity contribution in [3.63, 3.8) is 0 Å². The van der Waals surface area contributed by atoms with E-state index < -0.39 is 0 Å². The number of benzene rings is 1. The fourth-order valence-corrected chi connectivity index (χ4v) is 1.97. The molecule has 1 aromatic heterocycles. The highest BCUT2D eigenvalue weighted by molar-refractivity contribution is 5.92. The highest BCUT2D eigenvalue weighted by atomic mass is 16.1. The summed E-state index contributed by atoms with van der Waals surface area (Å²) in [5, 5.41) is 1.04. The molecule has 0 N–H and O–H groups in total. The minimum absolute atomic E-state index is 0.0119. The van der Waals surface area contributed by atoms with Crippen LogP contribution in [0.25, 0.3) is 10.9 Å². The Morgan fingerprint density at radius 2 is 2.12 bits per heavy atom. The van der Waals surface area contributed by atoms with Gasteiger partial charge in [0.1, 0.15) is 6.29 Å². The van der Waals surface area contributed by atoms with E-state index in [1.165, 1.54) is 6.92 Å². The van der Waals surface area contributed by atoms with Crippen molar-refractivity contribution in [3.8, 4) is 0 Å². The second kappa shape index (κ2) is 4.31. The van der Waals surface area contributed by atoms with Gasteiger partial charge in [0.05, 0.1) is 5.52 Å². The molecule has 0 aliphatic heterocycles. The predicted octanol–water partition coefficient (Wildman–Crippen LogP) is 2.43. The smallest absolute Gasteiger partial charge is 0.228 e. The van der Waals surface area contributed by atoms with E-state index in [-0.39, 0.29) is 5.91 Å². The molecular formula is C13H13NO2. The molecule has 0 unspecified atom stereocenters. The summed E-state index contributed by atoms with van der Waals surface area (Å²) in [5.41, 5.74) is 1.82. The van der Waals surface area contributed by atoms with Crippen LogP contribution < -0.4 is 0 Å². The van der Waals surface area contributed by atoms with Gasteiger partial charge < -0.3 is 4.79 Å². The molecule has 3 nitrogen and oxygen atoms in total. The molecule has 0 spiro atoms. The van der Waals surface area contributed by atoms with Crippen LogP contribution in [0.1, 0.15) is 23.8 Å². The Hall–Kier alpha value is -1.90. The number of fused-ring (bicyclic) bond motifs is 1. The zero-order chi connectivity index (χ0) is 11.5. The van der Waals surface area contributed by atoms with E-state index in [0.717, 1.165) is 22.9 Å². The molecule has 2 aromatic rings. The van der Waals surface area contributed by atoms with Crippen LogP contribution in [0.4, 0.5) is 0 Å². The predicted molar refractivity (Wildman–Crippen MR) is 62.6 cm³/mol. The monoisotopic (exact) mass is 215 g/mol. The lowest BCUT2D eigenvalue weighted by molar-refractivity contribution is -0.107. The van der Waals surface area contributed by atoms with Crippen molar-refractivity contribution in [2.75, 3.05) is 0 Å². The van der Waals surface area contributed by atoms with Gasteiger partial charge >= 0.3 is 0 Å². The summed E-state index contributed by atoms with van der Waals surface area (Å²) in [6.45, 7) is 1.54. The van der Waals surface area contributed by atoms with Crippen molar-refractivity contribution in [2.24, 2.45) is 0 Å². The van der Waals surface area contributed by atoms with E-state index in [1.807, 2.05) is 30.3 Å². The zero-order valence-electron chi connectivity index (χ0n) is 9.14. The summed E-state index contributed by atoms with van der Waals surface area (Å²) in [7, 11) is 0. The van der Waals surface area contributed by atoms with Crippen LogP contribution in [0, 0.1) is 0 Å². The first-order chi connectivity index (χ1) is 7.74. The topological polar surface area (TPSA) is 39.1 Å². The summed E-state index contributed by atoms with van der Waals surface area (Å²) in [5.74, 6) is -0.0119. The maximum Gasteiger partial charge on any atom is 0.228 e. The van der Waals surface area contributed by atoms with Crippen molar-refractivity contribution < 1.29 is 9.59 Å². The SMILES string of the molecule is CC(=O)n1c(CCC=O)cc2ccccc21. The van der Waals surface area contributed by atoms with Gasteiger partial charge in [0.2, 0.25) is 5.91 Å². The average molecular weight is 215 g/mol. The number of rotatable bonds is 3. The fourth-order valence-electron chi connectivity index (χ4n) is 1.97. The third kappa shape index (κ3) is 1.76. The molecule has 0 aliphatic carbocycles. The van der Waals surface area contributed by atoms with Gasteiger partial charge in [0, 0.05) is 24.4 Å². The third-order valence-corrected chi connectivity index (χ3v) is 2.62. The van der Waals surface area contributed by atoms with Crippen molar-refractivity contribution >= 4 is 23.1 Å². The summed E-state index contributed by atoms with van der Waals surface area (Å²) in [4.78, 5) is 22.0. The third-order valence-electron chi connectivity index (χ3n) is 2.62. The number of carbonyl (C=O) groups excluding carboxylic acids is 2. The Bertz CT molecular complexity index is 540. The molecule has 0 saturated carbocycles. The number of carbonyl (C=O) groups is 2. The van der Waals surface area contributed by atoms with Crippen LogP contribution in [0.15, 0.2) is 30.3 Å². The van der Waals surface area contributed by atoms with E-state index >= 15 is 0 Å². The lowest BCUT2D eigenvalue weighted by Gasteiger charge is -2.04. The summed E-state index contributed by atoms with van der Waals surface area (Å²) >= 11 is 0. The molecule has 0 saturated heterocycles. The van der Waals surface area contributed by atoms with E-state index in [0.29, 0.717) is 12.8 Å². The van der Waals surface area contributed by atoms with Gasteiger partial charge in [-0.25, -0.2) is 0 Å². The lowest BCUT2D eigenvalue weighted by Crippen LogP contribution is -2.09. The maximum atomic E-state index is 11.6. The number of hydrogen-bond acceptors (Lipinski definition) is 2. The zero-order valence-corrected chi connectivity index (χ0v) is 9.14. The molecule has 1 heterocycles. The molecule has 82 valence electrons. The Labute approximate surface area is 93.7 Å². The van der Waals surface area contributed by atoms with Crippen LogP contribution in [0.5, 0.6) is 0 Å². The fraction of sp³-hybridized carbons (Fsp3) is 0.231. The van der Waals surface area contributed by atoms with E-state index in [4.69, 9.17) is 0 Å². The second-order valence-corrected chi connectivity index (χ2v) is 3.75. The Kier molecular flexibility index (Phi) is 2.86. The Morgan fingerprint density at radius 3 is 2.81 bits per heavy atom. The molecule has 0 fully saturated rings. The average Bonchev–Trinajstić information content (AvgIpc) is 2.64. The number of nitrogens with zero attached hydrogens (tertiary/aromatic N) is 1. The summed E-state index contributed by atoms with van der Waals surface area (Å²) in [6, 6.07) is 9.71. The van der Waals surface area contributed by atoms with Gasteiger partial charge in [0.15, 0.2) is 0 Å². The van der Waals surface area contributed by atoms with Gasteiger partial charge in [0.25, 0.3) is 0 Å². The Morgan fingerprint density at radius 1 is 1.38 bits per heavy atom. The molecule has 0 atom stereocenters. The standard InChI is InChI=1S/C13H13NO2/c1-10(16)14-12(6-4-8-15)9-11-5-2-3-7-13(11)14/h2-3,5,7-9H,4,6H2,1H3. The molecule has 16 heavy (non-hydrogen) atoms. The molecule has 0 bridgehead atoms. The van der Waals surface area contributed by atoms with E-state index in [2.05, 4.69) is 0 Å². The van der Waals surface area contributed by atoms with Gasteiger partial charge in [-0.15, -0.1) is 0 Å². The van der Waals surface area contributed by atoms with Crippen LogP contribution in [0.3, 0.4) is 0 Å². The van der Waals surface area contributed by atoms with Crippen molar-refractivity contribution in [1.29, 1.82) is 0 Å². The first-order valence-corrected chi connectivity index (χ1v) is 5.28. The maximum absolute atomic E-state index is 11.6.